The molecule has 1 aliphatic rings. The van der Waals surface area contributed by atoms with E-state index < -0.39 is 0 Å². The van der Waals surface area contributed by atoms with Crippen LogP contribution in [0.2, 0.25) is 0 Å². The second-order valence-corrected chi connectivity index (χ2v) is 6.69. The Balaban J connectivity index is 1.89. The van der Waals surface area contributed by atoms with Crippen molar-refractivity contribution in [1.82, 2.24) is 14.3 Å². The Hall–Kier alpha value is -1.19. The molecule has 6 nitrogen and oxygen atoms in total. The molecular weight excluding hydrogens is 395 g/mol. The number of imidazole rings is 1. The van der Waals surface area contributed by atoms with E-state index in [-0.39, 0.29) is 11.9 Å². The predicted molar refractivity (Wildman–Crippen MR) is 91.5 cm³/mol. The molecule has 0 radical (unpaired) electrons. The molecule has 7 heteroatoms. The van der Waals surface area contributed by atoms with Crippen molar-refractivity contribution in [2.75, 3.05) is 26.3 Å². The zero-order valence-electron chi connectivity index (χ0n) is 12.2. The van der Waals surface area contributed by atoms with E-state index in [2.05, 4.69) is 39.9 Å². The molecule has 118 valence electrons. The minimum atomic E-state index is -0.267. The van der Waals surface area contributed by atoms with Gasteiger partial charge in [-0.25, -0.2) is 4.98 Å². The number of morpholine rings is 1. The highest BCUT2D eigenvalue weighted by Crippen LogP contribution is 2.26. The number of nitrogens with two attached hydrogens (primary N) is 1. The Morgan fingerprint density at radius 3 is 2.86 bits per heavy atom. The minimum absolute atomic E-state index is 0.106. The monoisotopic (exact) mass is 414 g/mol. The summed E-state index contributed by atoms with van der Waals surface area (Å²) in [6, 6.07) is 4.16. The standard InChI is InChI=1S/C15H19IN4O2/c16-11-1-4-15-18-12(10-20(15)9-11)13(2-3-14(17)21)19-5-7-22-8-6-19/h1,4,9-10,13H,2-3,5-8H2,(H2,17,21). The van der Waals surface area contributed by atoms with Crippen molar-refractivity contribution in [3.8, 4) is 0 Å². The number of nitrogens with zero attached hydrogens (tertiary/aromatic N) is 3. The van der Waals surface area contributed by atoms with E-state index in [0.29, 0.717) is 12.8 Å². The summed E-state index contributed by atoms with van der Waals surface area (Å²) < 4.78 is 8.62. The van der Waals surface area contributed by atoms with Crippen LogP contribution in [-0.2, 0) is 9.53 Å². The molecule has 1 atom stereocenters. The molecule has 3 heterocycles. The molecule has 2 aromatic heterocycles. The van der Waals surface area contributed by atoms with Crippen molar-refractivity contribution >= 4 is 34.1 Å². The summed E-state index contributed by atoms with van der Waals surface area (Å²) in [5, 5.41) is 0. The van der Waals surface area contributed by atoms with Gasteiger partial charge < -0.3 is 14.9 Å². The largest absolute Gasteiger partial charge is 0.379 e. The summed E-state index contributed by atoms with van der Waals surface area (Å²) in [6.45, 7) is 3.15. The van der Waals surface area contributed by atoms with Crippen molar-refractivity contribution in [2.45, 2.75) is 18.9 Å². The van der Waals surface area contributed by atoms with Crippen LogP contribution in [0.25, 0.3) is 5.65 Å². The number of carbonyl (C=O) groups is 1. The Morgan fingerprint density at radius 2 is 2.14 bits per heavy atom. The first-order valence-electron chi connectivity index (χ1n) is 7.38. The van der Waals surface area contributed by atoms with E-state index in [0.717, 1.165) is 41.2 Å². The number of pyridine rings is 1. The molecule has 1 saturated heterocycles. The summed E-state index contributed by atoms with van der Waals surface area (Å²) in [6.07, 6.45) is 5.17. The van der Waals surface area contributed by atoms with E-state index >= 15 is 0 Å². The zero-order valence-corrected chi connectivity index (χ0v) is 14.4. The molecule has 3 rings (SSSR count). The smallest absolute Gasteiger partial charge is 0.217 e. The van der Waals surface area contributed by atoms with Gasteiger partial charge in [0.1, 0.15) is 5.65 Å². The molecule has 0 aromatic carbocycles. The van der Waals surface area contributed by atoms with Gasteiger partial charge in [0.25, 0.3) is 0 Å². The van der Waals surface area contributed by atoms with Gasteiger partial charge in [0.2, 0.25) is 5.91 Å². The number of amides is 1. The van der Waals surface area contributed by atoms with E-state index in [1.54, 1.807) is 0 Å². The molecule has 22 heavy (non-hydrogen) atoms. The molecular formula is C15H19IN4O2. The van der Waals surface area contributed by atoms with Crippen LogP contribution in [0.3, 0.4) is 0 Å². The van der Waals surface area contributed by atoms with Crippen molar-refractivity contribution in [3.63, 3.8) is 0 Å². The second kappa shape index (κ2) is 6.93. The van der Waals surface area contributed by atoms with Crippen molar-refractivity contribution in [1.29, 1.82) is 0 Å². The first-order valence-corrected chi connectivity index (χ1v) is 8.45. The molecule has 1 aliphatic heterocycles. The van der Waals surface area contributed by atoms with Gasteiger partial charge in [-0.2, -0.15) is 0 Å². The van der Waals surface area contributed by atoms with Gasteiger partial charge in [-0.1, -0.05) is 0 Å². The van der Waals surface area contributed by atoms with Crippen molar-refractivity contribution < 1.29 is 9.53 Å². The highest BCUT2D eigenvalue weighted by Gasteiger charge is 2.25. The lowest BCUT2D eigenvalue weighted by Crippen LogP contribution is -2.39. The normalized spacial score (nSPS) is 17.7. The third-order valence-corrected chi connectivity index (χ3v) is 4.56. The Morgan fingerprint density at radius 1 is 1.36 bits per heavy atom. The van der Waals surface area contributed by atoms with Gasteiger partial charge in [0, 0.05) is 35.5 Å². The van der Waals surface area contributed by atoms with Gasteiger partial charge in [-0.15, -0.1) is 0 Å². The summed E-state index contributed by atoms with van der Waals surface area (Å²) in [5.41, 5.74) is 7.25. The van der Waals surface area contributed by atoms with Gasteiger partial charge in [0.05, 0.1) is 24.9 Å². The third-order valence-electron chi connectivity index (χ3n) is 3.93. The maximum absolute atomic E-state index is 11.2. The first kappa shape index (κ1) is 15.7. The number of rotatable bonds is 5. The fraction of sp³-hybridized carbons (Fsp3) is 0.467. The number of hydrogen-bond donors (Lipinski definition) is 1. The fourth-order valence-corrected chi connectivity index (χ4v) is 3.31. The highest BCUT2D eigenvalue weighted by atomic mass is 127. The van der Waals surface area contributed by atoms with Crippen molar-refractivity contribution in [3.05, 3.63) is 33.8 Å². The summed E-state index contributed by atoms with van der Waals surface area (Å²) in [5.74, 6) is -0.267. The topological polar surface area (TPSA) is 72.9 Å². The van der Waals surface area contributed by atoms with Crippen molar-refractivity contribution in [2.24, 2.45) is 5.73 Å². The number of aromatic nitrogens is 2. The van der Waals surface area contributed by atoms with Gasteiger partial charge >= 0.3 is 0 Å². The molecule has 0 spiro atoms. The van der Waals surface area contributed by atoms with Crippen LogP contribution in [0.15, 0.2) is 24.5 Å². The SMILES string of the molecule is NC(=O)CCC(c1cn2cc(I)ccc2n1)N1CCOCC1. The van der Waals surface area contributed by atoms with Crippen LogP contribution in [0, 0.1) is 3.57 Å². The fourth-order valence-electron chi connectivity index (χ4n) is 2.83. The van der Waals surface area contributed by atoms with Crippen LogP contribution in [-0.4, -0.2) is 46.5 Å². The quantitative estimate of drug-likeness (QED) is 0.755. The summed E-state index contributed by atoms with van der Waals surface area (Å²) >= 11 is 2.29. The molecule has 2 N–H and O–H groups in total. The Bertz CT molecular complexity index is 667. The van der Waals surface area contributed by atoms with E-state index in [1.165, 1.54) is 0 Å². The van der Waals surface area contributed by atoms with Crippen LogP contribution >= 0.6 is 22.6 Å². The molecule has 1 unspecified atom stereocenters. The maximum atomic E-state index is 11.2. The number of primary amides is 1. The Labute approximate surface area is 142 Å². The number of carbonyl (C=O) groups excluding carboxylic acids is 1. The average Bonchev–Trinajstić information content (AvgIpc) is 2.91. The van der Waals surface area contributed by atoms with E-state index in [9.17, 15) is 4.79 Å². The number of ether oxygens (including phenoxy) is 1. The zero-order chi connectivity index (χ0) is 15.5. The van der Waals surface area contributed by atoms with Crippen LogP contribution in [0.1, 0.15) is 24.6 Å². The lowest BCUT2D eigenvalue weighted by atomic mass is 10.1. The number of hydrogen-bond acceptors (Lipinski definition) is 4. The van der Waals surface area contributed by atoms with Gasteiger partial charge in [-0.3, -0.25) is 9.69 Å². The lowest BCUT2D eigenvalue weighted by molar-refractivity contribution is -0.118. The summed E-state index contributed by atoms with van der Waals surface area (Å²) in [4.78, 5) is 18.3. The van der Waals surface area contributed by atoms with Gasteiger partial charge in [-0.05, 0) is 41.1 Å². The molecule has 1 amide bonds. The van der Waals surface area contributed by atoms with Gasteiger partial charge in [0.15, 0.2) is 0 Å². The van der Waals surface area contributed by atoms with Crippen LogP contribution < -0.4 is 5.73 Å². The highest BCUT2D eigenvalue weighted by molar-refractivity contribution is 14.1. The number of halogens is 1. The molecule has 1 fully saturated rings. The van der Waals surface area contributed by atoms with Crippen LogP contribution in [0.4, 0.5) is 0 Å². The average molecular weight is 414 g/mol. The molecule has 0 bridgehead atoms. The first-order chi connectivity index (χ1) is 10.6. The summed E-state index contributed by atoms with van der Waals surface area (Å²) in [7, 11) is 0. The predicted octanol–water partition coefficient (Wildman–Crippen LogP) is 1.58. The second-order valence-electron chi connectivity index (χ2n) is 5.45. The van der Waals surface area contributed by atoms with E-state index in [1.807, 2.05) is 16.5 Å². The Kier molecular flexibility index (Phi) is 4.94. The number of fused-ring (bicyclic) bond motifs is 1. The molecule has 0 saturated carbocycles. The maximum Gasteiger partial charge on any atom is 0.217 e. The van der Waals surface area contributed by atoms with Crippen LogP contribution in [0.5, 0.6) is 0 Å². The molecule has 2 aromatic rings. The van der Waals surface area contributed by atoms with E-state index in [4.69, 9.17) is 15.5 Å². The lowest BCUT2D eigenvalue weighted by Gasteiger charge is -2.33. The molecule has 0 aliphatic carbocycles. The minimum Gasteiger partial charge on any atom is -0.379 e. The third kappa shape index (κ3) is 3.58.